The second kappa shape index (κ2) is 8.55. The van der Waals surface area contributed by atoms with Gasteiger partial charge in [-0.1, -0.05) is 0 Å². The van der Waals surface area contributed by atoms with Gasteiger partial charge >= 0.3 is 0 Å². The zero-order valence-corrected chi connectivity index (χ0v) is 17.0. The lowest BCUT2D eigenvalue weighted by atomic mass is 9.93. The van der Waals surface area contributed by atoms with Crippen LogP contribution in [0, 0.1) is 17.5 Å². The van der Waals surface area contributed by atoms with Crippen molar-refractivity contribution in [1.29, 1.82) is 0 Å². The van der Waals surface area contributed by atoms with Crippen LogP contribution in [0.4, 0.5) is 30.8 Å². The molecule has 1 saturated carbocycles. The first-order valence-electron chi connectivity index (χ1n) is 11.5. The second-order valence-corrected chi connectivity index (χ2v) is 7.94. The van der Waals surface area contributed by atoms with E-state index in [0.717, 1.165) is 12.8 Å². The molecule has 3 N–H and O–H groups in total. The summed E-state index contributed by atoms with van der Waals surface area (Å²) in [5.41, 5.74) is -0.156. The summed E-state index contributed by atoms with van der Waals surface area (Å²) in [6.07, 6.45) is 3.90. The van der Waals surface area contributed by atoms with Crippen molar-refractivity contribution in [2.24, 2.45) is 0 Å². The van der Waals surface area contributed by atoms with Crippen LogP contribution in [0.2, 0.25) is 0 Å². The molecule has 0 bridgehead atoms. The standard InChI is InChI=1S/C21H23F3N6O2/c22-11-7-15(23)18(16(24)8-11)28-21-27-17-9-25-20(26-12-1-3-14(31)4-2-12)29-19(17)30(21)13-5-6-32-10-13/h7-9,12-14,31H,1-6,10H2,(H,27,28)(H,25,26,29)/i6D,13D. The van der Waals surface area contributed by atoms with Crippen LogP contribution >= 0.6 is 0 Å². The van der Waals surface area contributed by atoms with Gasteiger partial charge in [-0.15, -0.1) is 0 Å². The van der Waals surface area contributed by atoms with Gasteiger partial charge in [0.15, 0.2) is 17.3 Å². The van der Waals surface area contributed by atoms with Crippen molar-refractivity contribution in [3.8, 4) is 0 Å². The van der Waals surface area contributed by atoms with Crippen LogP contribution in [-0.4, -0.2) is 50.0 Å². The molecule has 2 aromatic heterocycles. The highest BCUT2D eigenvalue weighted by Crippen LogP contribution is 2.32. The number of fused-ring (bicyclic) bond motifs is 1. The third-order valence-corrected chi connectivity index (χ3v) is 5.68. The minimum absolute atomic E-state index is 0.0329. The normalized spacial score (nSPS) is 29.1. The average Bonchev–Trinajstić information content (AvgIpc) is 3.32. The van der Waals surface area contributed by atoms with Crippen molar-refractivity contribution in [1.82, 2.24) is 19.5 Å². The van der Waals surface area contributed by atoms with Gasteiger partial charge in [-0.05, 0) is 32.1 Å². The summed E-state index contributed by atoms with van der Waals surface area (Å²) in [5, 5.41) is 15.5. The van der Waals surface area contributed by atoms with E-state index in [2.05, 4.69) is 25.6 Å². The van der Waals surface area contributed by atoms with Crippen LogP contribution in [0.15, 0.2) is 18.3 Å². The molecule has 11 heteroatoms. The third-order valence-electron chi connectivity index (χ3n) is 5.68. The van der Waals surface area contributed by atoms with Crippen molar-refractivity contribution in [3.05, 3.63) is 35.8 Å². The van der Waals surface area contributed by atoms with Gasteiger partial charge in [-0.2, -0.15) is 4.98 Å². The summed E-state index contributed by atoms with van der Waals surface area (Å²) in [4.78, 5) is 13.1. The monoisotopic (exact) mass is 450 g/mol. The molecule has 1 saturated heterocycles. The molecule has 0 spiro atoms. The number of hydrogen-bond donors (Lipinski definition) is 3. The largest absolute Gasteiger partial charge is 0.393 e. The highest BCUT2D eigenvalue weighted by Gasteiger charge is 2.27. The van der Waals surface area contributed by atoms with Crippen LogP contribution in [0.1, 0.15) is 40.9 Å². The Morgan fingerprint density at radius 1 is 1.12 bits per heavy atom. The average molecular weight is 450 g/mol. The molecule has 3 heterocycles. The second-order valence-electron chi connectivity index (χ2n) is 7.94. The Hall–Kier alpha value is -2.92. The van der Waals surface area contributed by atoms with Crippen LogP contribution in [-0.2, 0) is 4.74 Å². The number of hydrogen-bond acceptors (Lipinski definition) is 7. The maximum absolute atomic E-state index is 14.3. The van der Waals surface area contributed by atoms with Gasteiger partial charge in [-0.25, -0.2) is 23.1 Å². The number of anilines is 3. The SMILES string of the molecule is [2H]C1CC([2H])(n2c(Nc3c(F)cc(F)cc3F)nc3cnc(NC4CCC(O)CC4)nc32)CO1. The van der Waals surface area contributed by atoms with Crippen molar-refractivity contribution in [3.63, 3.8) is 0 Å². The smallest absolute Gasteiger partial charge is 0.224 e. The molecule has 1 aliphatic carbocycles. The van der Waals surface area contributed by atoms with E-state index in [1.807, 2.05) is 0 Å². The zero-order chi connectivity index (χ0) is 24.0. The number of ether oxygens (including phenoxy) is 1. The molecule has 32 heavy (non-hydrogen) atoms. The van der Waals surface area contributed by atoms with E-state index in [-0.39, 0.29) is 48.2 Å². The lowest BCUT2D eigenvalue weighted by Gasteiger charge is -2.26. The van der Waals surface area contributed by atoms with Crippen molar-refractivity contribution < 1.29 is 25.8 Å². The number of benzene rings is 1. The van der Waals surface area contributed by atoms with Crippen LogP contribution in [0.3, 0.4) is 0 Å². The van der Waals surface area contributed by atoms with E-state index in [9.17, 15) is 18.3 Å². The molecule has 2 fully saturated rings. The first kappa shape index (κ1) is 18.6. The number of nitrogens with one attached hydrogen (secondary N) is 2. The molecule has 1 aromatic carbocycles. The van der Waals surface area contributed by atoms with Gasteiger partial charge in [-0.3, -0.25) is 4.57 Å². The molecule has 2 unspecified atom stereocenters. The fraction of sp³-hybridized carbons (Fsp3) is 0.476. The maximum Gasteiger partial charge on any atom is 0.224 e. The number of rotatable bonds is 5. The molecular formula is C21H23F3N6O2. The number of nitrogens with zero attached hydrogens (tertiary/aromatic N) is 4. The number of aliphatic hydroxyl groups is 1. The molecule has 3 aromatic rings. The Morgan fingerprint density at radius 3 is 2.56 bits per heavy atom. The predicted octanol–water partition coefficient (Wildman–Crippen LogP) is 3.66. The lowest BCUT2D eigenvalue weighted by Crippen LogP contribution is -2.29. The first-order chi connectivity index (χ1) is 16.2. The topological polar surface area (TPSA) is 97.1 Å². The first-order valence-corrected chi connectivity index (χ1v) is 10.4. The van der Waals surface area contributed by atoms with E-state index in [1.54, 1.807) is 0 Å². The fourth-order valence-electron chi connectivity index (χ4n) is 4.03. The highest BCUT2D eigenvalue weighted by atomic mass is 19.1. The molecule has 8 nitrogen and oxygen atoms in total. The van der Waals surface area contributed by atoms with Gasteiger partial charge in [0.25, 0.3) is 0 Å². The Labute approximate surface area is 184 Å². The van der Waals surface area contributed by atoms with E-state index in [0.29, 0.717) is 25.0 Å². The van der Waals surface area contributed by atoms with Gasteiger partial charge in [0.1, 0.15) is 17.0 Å². The minimum atomic E-state index is -1.53. The van der Waals surface area contributed by atoms with Crippen molar-refractivity contribution in [2.45, 2.75) is 50.3 Å². The van der Waals surface area contributed by atoms with Crippen molar-refractivity contribution in [2.75, 3.05) is 23.8 Å². The summed E-state index contributed by atoms with van der Waals surface area (Å²) in [5.74, 6) is -3.22. The number of halogens is 3. The van der Waals surface area contributed by atoms with Crippen LogP contribution in [0.5, 0.6) is 0 Å². The van der Waals surface area contributed by atoms with E-state index >= 15 is 0 Å². The Balaban J connectivity index is 1.56. The Bertz CT molecular complexity index is 1200. The summed E-state index contributed by atoms with van der Waals surface area (Å²) >= 11 is 0. The molecule has 0 radical (unpaired) electrons. The molecule has 5 rings (SSSR count). The molecule has 2 atom stereocenters. The zero-order valence-electron chi connectivity index (χ0n) is 19.0. The summed E-state index contributed by atoms with van der Waals surface area (Å²) in [6, 6.07) is -0.390. The van der Waals surface area contributed by atoms with Crippen LogP contribution in [0.25, 0.3) is 11.2 Å². The van der Waals surface area contributed by atoms with Gasteiger partial charge in [0.2, 0.25) is 11.9 Å². The van der Waals surface area contributed by atoms with Gasteiger partial charge in [0.05, 0.1) is 27.7 Å². The highest BCUT2D eigenvalue weighted by molar-refractivity contribution is 5.76. The molecule has 1 aliphatic heterocycles. The molecule has 0 amide bonds. The van der Waals surface area contributed by atoms with Crippen LogP contribution < -0.4 is 10.6 Å². The van der Waals surface area contributed by atoms with Crippen molar-refractivity contribution >= 4 is 28.7 Å². The lowest BCUT2D eigenvalue weighted by molar-refractivity contribution is 0.126. The van der Waals surface area contributed by atoms with E-state index in [4.69, 9.17) is 7.48 Å². The molecule has 2 aliphatic rings. The Kier molecular flexibility index (Phi) is 4.98. The minimum Gasteiger partial charge on any atom is -0.393 e. The third kappa shape index (κ3) is 4.09. The molecule has 170 valence electrons. The van der Waals surface area contributed by atoms with Gasteiger partial charge < -0.3 is 20.5 Å². The fourth-order valence-corrected chi connectivity index (χ4v) is 4.03. The van der Waals surface area contributed by atoms with E-state index in [1.165, 1.54) is 10.8 Å². The number of aromatic nitrogens is 4. The Morgan fingerprint density at radius 2 is 1.88 bits per heavy atom. The van der Waals surface area contributed by atoms with E-state index < -0.39 is 35.7 Å². The maximum atomic E-state index is 14.3. The molecular weight excluding hydrogens is 425 g/mol. The predicted molar refractivity (Wildman–Crippen MR) is 111 cm³/mol. The number of imidazole rings is 1. The van der Waals surface area contributed by atoms with Gasteiger partial charge in [0, 0.05) is 24.8 Å². The quantitative estimate of drug-likeness (QED) is 0.546. The summed E-state index contributed by atoms with van der Waals surface area (Å²) < 4.78 is 65.5. The number of aliphatic hydroxyl groups excluding tert-OH is 1. The summed E-state index contributed by atoms with van der Waals surface area (Å²) in [6.45, 7) is -1.13. The summed E-state index contributed by atoms with van der Waals surface area (Å²) in [7, 11) is 0.